The Morgan fingerprint density at radius 1 is 1.33 bits per heavy atom. The predicted molar refractivity (Wildman–Crippen MR) is 79.8 cm³/mol. The number of benzene rings is 1. The lowest BCUT2D eigenvalue weighted by Gasteiger charge is -2.13. The molecule has 6 nitrogen and oxygen atoms in total. The lowest BCUT2D eigenvalue weighted by molar-refractivity contribution is 0.368. The first-order valence-corrected chi connectivity index (χ1v) is 6.68. The molecule has 0 amide bonds. The van der Waals surface area contributed by atoms with Gasteiger partial charge in [-0.3, -0.25) is 4.79 Å². The van der Waals surface area contributed by atoms with Crippen molar-refractivity contribution in [2.75, 3.05) is 7.11 Å². The Hall–Kier alpha value is -2.34. The lowest BCUT2D eigenvalue weighted by atomic mass is 10.2. The van der Waals surface area contributed by atoms with E-state index in [4.69, 9.17) is 15.2 Å². The second kappa shape index (κ2) is 6.41. The Kier molecular flexibility index (Phi) is 4.59. The number of nitrogens with zero attached hydrogens (tertiary/aromatic N) is 2. The van der Waals surface area contributed by atoms with Crippen molar-refractivity contribution < 1.29 is 9.47 Å². The summed E-state index contributed by atoms with van der Waals surface area (Å²) in [5, 5.41) is 0. The fourth-order valence-corrected chi connectivity index (χ4v) is 1.91. The summed E-state index contributed by atoms with van der Waals surface area (Å²) in [6, 6.07) is 5.35. The normalized spacial score (nSPS) is 10.7. The molecule has 0 aliphatic rings. The molecule has 0 aliphatic carbocycles. The van der Waals surface area contributed by atoms with Crippen molar-refractivity contribution in [3.05, 3.63) is 46.5 Å². The maximum absolute atomic E-state index is 12.3. The zero-order chi connectivity index (χ0) is 15.4. The van der Waals surface area contributed by atoms with Gasteiger partial charge >= 0.3 is 5.56 Å². The summed E-state index contributed by atoms with van der Waals surface area (Å²) < 4.78 is 12.4. The van der Waals surface area contributed by atoms with Crippen LogP contribution >= 0.6 is 0 Å². The van der Waals surface area contributed by atoms with Gasteiger partial charge in [-0.2, -0.15) is 0 Å². The number of methoxy groups -OCH3 is 1. The topological polar surface area (TPSA) is 79.4 Å². The second-order valence-electron chi connectivity index (χ2n) is 4.83. The van der Waals surface area contributed by atoms with Gasteiger partial charge in [0, 0.05) is 25.0 Å². The minimum absolute atomic E-state index is 0.0185. The number of hydrogen-bond acceptors (Lipinski definition) is 5. The standard InChI is InChI=1S/C15H19N3O3/c1-10(2)18-7-6-17-14(15(18)19)21-12-5-4-11(9-16)8-13(12)20-3/h4-8,10H,9,16H2,1-3H3. The summed E-state index contributed by atoms with van der Waals surface area (Å²) in [5.41, 5.74) is 6.23. The van der Waals surface area contributed by atoms with Gasteiger partial charge in [-0.05, 0) is 31.5 Å². The third-order valence-electron chi connectivity index (χ3n) is 3.06. The second-order valence-corrected chi connectivity index (χ2v) is 4.83. The molecule has 0 spiro atoms. The molecule has 0 atom stereocenters. The van der Waals surface area contributed by atoms with E-state index in [9.17, 15) is 4.79 Å². The van der Waals surface area contributed by atoms with Crippen LogP contribution in [0.5, 0.6) is 17.4 Å². The van der Waals surface area contributed by atoms with Crippen LogP contribution in [-0.4, -0.2) is 16.7 Å². The van der Waals surface area contributed by atoms with E-state index in [1.165, 1.54) is 13.3 Å². The van der Waals surface area contributed by atoms with E-state index in [1.54, 1.807) is 22.9 Å². The van der Waals surface area contributed by atoms with E-state index in [1.807, 2.05) is 19.9 Å². The van der Waals surface area contributed by atoms with Gasteiger partial charge in [0.15, 0.2) is 11.5 Å². The molecule has 6 heteroatoms. The average molecular weight is 289 g/mol. The minimum atomic E-state index is -0.280. The van der Waals surface area contributed by atoms with Crippen molar-refractivity contribution in [3.8, 4) is 17.4 Å². The lowest BCUT2D eigenvalue weighted by Crippen LogP contribution is -2.23. The molecule has 2 rings (SSSR count). The molecule has 0 bridgehead atoms. The van der Waals surface area contributed by atoms with Gasteiger partial charge in [0.25, 0.3) is 5.88 Å². The van der Waals surface area contributed by atoms with E-state index >= 15 is 0 Å². The number of ether oxygens (including phenoxy) is 2. The van der Waals surface area contributed by atoms with Gasteiger partial charge in [0.1, 0.15) is 0 Å². The Labute approximate surface area is 123 Å². The quantitative estimate of drug-likeness (QED) is 0.911. The SMILES string of the molecule is COc1cc(CN)ccc1Oc1nccn(C(C)C)c1=O. The Morgan fingerprint density at radius 3 is 2.71 bits per heavy atom. The van der Waals surface area contributed by atoms with E-state index in [-0.39, 0.29) is 17.5 Å². The first-order chi connectivity index (χ1) is 10.1. The maximum atomic E-state index is 12.3. The van der Waals surface area contributed by atoms with Gasteiger partial charge in [0.2, 0.25) is 0 Å². The molecule has 0 fully saturated rings. The van der Waals surface area contributed by atoms with Crippen molar-refractivity contribution in [2.45, 2.75) is 26.4 Å². The Balaban J connectivity index is 2.39. The molecule has 1 aromatic heterocycles. The number of nitrogens with two attached hydrogens (primary N) is 1. The van der Waals surface area contributed by atoms with Crippen LogP contribution in [0.4, 0.5) is 0 Å². The van der Waals surface area contributed by atoms with Gasteiger partial charge in [0.05, 0.1) is 7.11 Å². The largest absolute Gasteiger partial charge is 0.493 e. The van der Waals surface area contributed by atoms with Gasteiger partial charge in [-0.1, -0.05) is 6.07 Å². The third-order valence-corrected chi connectivity index (χ3v) is 3.06. The van der Waals surface area contributed by atoms with Crippen LogP contribution in [0.15, 0.2) is 35.4 Å². The summed E-state index contributed by atoms with van der Waals surface area (Å²) in [4.78, 5) is 16.3. The molecule has 1 heterocycles. The summed E-state index contributed by atoms with van der Waals surface area (Å²) >= 11 is 0. The van der Waals surface area contributed by atoms with Gasteiger partial charge in [-0.25, -0.2) is 4.98 Å². The van der Waals surface area contributed by atoms with Crippen LogP contribution in [0.2, 0.25) is 0 Å². The third kappa shape index (κ3) is 3.22. The van der Waals surface area contributed by atoms with E-state index in [0.29, 0.717) is 18.0 Å². The Bertz CT molecular complexity index is 680. The first-order valence-electron chi connectivity index (χ1n) is 6.68. The zero-order valence-electron chi connectivity index (χ0n) is 12.4. The molecule has 0 saturated carbocycles. The first kappa shape index (κ1) is 15.1. The molecule has 2 N–H and O–H groups in total. The molecule has 2 aromatic rings. The van der Waals surface area contributed by atoms with E-state index < -0.39 is 0 Å². The highest BCUT2D eigenvalue weighted by molar-refractivity contribution is 5.44. The number of hydrogen-bond donors (Lipinski definition) is 1. The van der Waals surface area contributed by atoms with Crippen molar-refractivity contribution in [3.63, 3.8) is 0 Å². The molecule has 21 heavy (non-hydrogen) atoms. The molecule has 112 valence electrons. The highest BCUT2D eigenvalue weighted by Gasteiger charge is 2.12. The minimum Gasteiger partial charge on any atom is -0.493 e. The van der Waals surface area contributed by atoms with Crippen molar-refractivity contribution >= 4 is 0 Å². The molecular weight excluding hydrogens is 270 g/mol. The summed E-state index contributed by atoms with van der Waals surface area (Å²) in [7, 11) is 1.54. The fraction of sp³-hybridized carbons (Fsp3) is 0.333. The molecule has 0 aliphatic heterocycles. The smallest absolute Gasteiger partial charge is 0.313 e. The summed E-state index contributed by atoms with van der Waals surface area (Å²) in [5.74, 6) is 0.963. The summed E-state index contributed by atoms with van der Waals surface area (Å²) in [6.45, 7) is 4.24. The van der Waals surface area contributed by atoms with E-state index in [2.05, 4.69) is 4.98 Å². The summed E-state index contributed by atoms with van der Waals surface area (Å²) in [6.07, 6.45) is 3.17. The fourth-order valence-electron chi connectivity index (χ4n) is 1.91. The number of aromatic nitrogens is 2. The van der Waals surface area contributed by atoms with Crippen LogP contribution in [0.25, 0.3) is 0 Å². The Morgan fingerprint density at radius 2 is 2.10 bits per heavy atom. The van der Waals surface area contributed by atoms with Gasteiger partial charge in [-0.15, -0.1) is 0 Å². The highest BCUT2D eigenvalue weighted by Crippen LogP contribution is 2.30. The van der Waals surface area contributed by atoms with Crippen LogP contribution in [-0.2, 0) is 6.54 Å². The molecule has 0 saturated heterocycles. The van der Waals surface area contributed by atoms with Crippen molar-refractivity contribution in [2.24, 2.45) is 5.73 Å². The van der Waals surface area contributed by atoms with Crippen molar-refractivity contribution in [1.29, 1.82) is 0 Å². The van der Waals surface area contributed by atoms with Crippen LogP contribution in [0, 0.1) is 0 Å². The zero-order valence-corrected chi connectivity index (χ0v) is 12.4. The molecule has 0 unspecified atom stereocenters. The van der Waals surface area contributed by atoms with Crippen LogP contribution < -0.4 is 20.8 Å². The molecule has 1 aromatic carbocycles. The maximum Gasteiger partial charge on any atom is 0.313 e. The van der Waals surface area contributed by atoms with E-state index in [0.717, 1.165) is 5.56 Å². The highest BCUT2D eigenvalue weighted by atomic mass is 16.5. The van der Waals surface area contributed by atoms with Gasteiger partial charge < -0.3 is 19.8 Å². The van der Waals surface area contributed by atoms with Crippen LogP contribution in [0.1, 0.15) is 25.5 Å². The van der Waals surface area contributed by atoms with Crippen LogP contribution in [0.3, 0.4) is 0 Å². The van der Waals surface area contributed by atoms with Crippen molar-refractivity contribution in [1.82, 2.24) is 9.55 Å². The monoisotopic (exact) mass is 289 g/mol. The predicted octanol–water partition coefficient (Wildman–Crippen LogP) is 2.08. The average Bonchev–Trinajstić information content (AvgIpc) is 2.49. The molecule has 0 radical (unpaired) electrons. The molecular formula is C15H19N3O3. The number of rotatable bonds is 5.